The summed E-state index contributed by atoms with van der Waals surface area (Å²) in [6.45, 7) is 0.978. The second-order valence-electron chi connectivity index (χ2n) is 9.68. The molecule has 0 radical (unpaired) electrons. The number of carbonyl (C=O) groups excluding carboxylic acids is 1. The number of ether oxygens (including phenoxy) is 5. The van der Waals surface area contributed by atoms with Crippen molar-refractivity contribution in [2.75, 3.05) is 7.11 Å². The van der Waals surface area contributed by atoms with E-state index in [1.54, 1.807) is 7.11 Å². The second-order valence-corrected chi connectivity index (χ2v) is 10.9. The Balaban J connectivity index is 1.43. The number of carbonyl (C=O) groups is 1. The highest BCUT2D eigenvalue weighted by molar-refractivity contribution is 7.99. The lowest BCUT2D eigenvalue weighted by atomic mass is 9.99. The number of aldehydes is 1. The fourth-order valence-electron chi connectivity index (χ4n) is 4.68. The fraction of sp³-hybridized carbons (Fsp3) is 0.265. The van der Waals surface area contributed by atoms with Gasteiger partial charge in [-0.25, -0.2) is 0 Å². The Labute approximate surface area is 245 Å². The van der Waals surface area contributed by atoms with Gasteiger partial charge in [-0.2, -0.15) is 0 Å². The highest BCUT2D eigenvalue weighted by Gasteiger charge is 2.48. The van der Waals surface area contributed by atoms with Gasteiger partial charge in [0.05, 0.1) is 26.9 Å². The molecule has 6 nitrogen and oxygen atoms in total. The molecule has 0 spiro atoms. The zero-order valence-corrected chi connectivity index (χ0v) is 23.7. The lowest BCUT2D eigenvalue weighted by Gasteiger charge is -2.44. The van der Waals surface area contributed by atoms with E-state index < -0.39 is 29.9 Å². The van der Waals surface area contributed by atoms with Crippen LogP contribution < -0.4 is 4.74 Å². The molecule has 7 heteroatoms. The van der Waals surface area contributed by atoms with E-state index in [0.29, 0.717) is 13.2 Å². The summed E-state index contributed by atoms with van der Waals surface area (Å²) in [7, 11) is 1.63. The number of hydrogen-bond acceptors (Lipinski definition) is 7. The summed E-state index contributed by atoms with van der Waals surface area (Å²) >= 11 is 1.52. The normalized spacial score (nSPS) is 22.2. The predicted molar refractivity (Wildman–Crippen MR) is 159 cm³/mol. The van der Waals surface area contributed by atoms with E-state index in [1.807, 2.05) is 115 Å². The number of thioether (sulfide) groups is 1. The van der Waals surface area contributed by atoms with Gasteiger partial charge in [0.25, 0.3) is 0 Å². The first-order valence-corrected chi connectivity index (χ1v) is 14.5. The van der Waals surface area contributed by atoms with Crippen LogP contribution >= 0.6 is 11.8 Å². The molecular weight excluding hydrogens is 536 g/mol. The molecule has 1 saturated heterocycles. The molecule has 4 aromatic rings. The van der Waals surface area contributed by atoms with Crippen LogP contribution in [0.5, 0.6) is 5.75 Å². The van der Waals surface area contributed by atoms with Gasteiger partial charge in [0.2, 0.25) is 0 Å². The van der Waals surface area contributed by atoms with Crippen molar-refractivity contribution in [3.63, 3.8) is 0 Å². The van der Waals surface area contributed by atoms with Gasteiger partial charge in [0.1, 0.15) is 35.6 Å². The third-order valence-electron chi connectivity index (χ3n) is 6.83. The van der Waals surface area contributed by atoms with E-state index in [4.69, 9.17) is 23.7 Å². The molecule has 0 bridgehead atoms. The molecule has 0 saturated carbocycles. The van der Waals surface area contributed by atoms with Crippen LogP contribution in [0.4, 0.5) is 0 Å². The summed E-state index contributed by atoms with van der Waals surface area (Å²) < 4.78 is 31.3. The smallest absolute Gasteiger partial charge is 0.151 e. The molecule has 0 N–H and O–H groups in total. The van der Waals surface area contributed by atoms with Crippen LogP contribution in [0.2, 0.25) is 0 Å². The maximum atomic E-state index is 12.4. The van der Waals surface area contributed by atoms with Crippen molar-refractivity contribution in [2.24, 2.45) is 0 Å². The Bertz CT molecular complexity index is 1320. The van der Waals surface area contributed by atoms with Gasteiger partial charge in [-0.1, -0.05) is 103 Å². The molecule has 1 aliphatic rings. The van der Waals surface area contributed by atoms with Crippen LogP contribution in [-0.2, 0) is 43.6 Å². The molecule has 0 amide bonds. The van der Waals surface area contributed by atoms with E-state index in [2.05, 4.69) is 0 Å². The van der Waals surface area contributed by atoms with E-state index in [-0.39, 0.29) is 6.61 Å². The topological polar surface area (TPSA) is 63.2 Å². The van der Waals surface area contributed by atoms with Crippen LogP contribution in [-0.4, -0.2) is 43.2 Å². The predicted octanol–water partition coefficient (Wildman–Crippen LogP) is 6.47. The monoisotopic (exact) mass is 570 g/mol. The minimum atomic E-state index is -0.841. The molecule has 0 unspecified atom stereocenters. The summed E-state index contributed by atoms with van der Waals surface area (Å²) in [5.41, 5.74) is 2.49. The number of benzene rings is 4. The zero-order valence-electron chi connectivity index (χ0n) is 22.9. The fourth-order valence-corrected chi connectivity index (χ4v) is 5.81. The molecule has 5 atom stereocenters. The Hall–Kier alpha value is -3.46. The summed E-state index contributed by atoms with van der Waals surface area (Å²) in [6, 6.07) is 37.6. The average molecular weight is 571 g/mol. The van der Waals surface area contributed by atoms with E-state index in [1.165, 1.54) is 11.8 Å². The Morgan fingerprint density at radius 3 is 1.66 bits per heavy atom. The molecule has 5 rings (SSSR count). The maximum absolute atomic E-state index is 12.4. The van der Waals surface area contributed by atoms with Crippen molar-refractivity contribution in [1.29, 1.82) is 0 Å². The molecule has 1 aliphatic heterocycles. The van der Waals surface area contributed by atoms with Gasteiger partial charge in [-0.05, 0) is 41.0 Å². The highest BCUT2D eigenvalue weighted by atomic mass is 32.2. The van der Waals surface area contributed by atoms with Crippen LogP contribution in [0.3, 0.4) is 0 Å². The van der Waals surface area contributed by atoms with Gasteiger partial charge in [-0.15, -0.1) is 0 Å². The second kappa shape index (κ2) is 15.0. The van der Waals surface area contributed by atoms with E-state index in [0.717, 1.165) is 33.6 Å². The minimum Gasteiger partial charge on any atom is -0.497 e. The largest absolute Gasteiger partial charge is 0.497 e. The Morgan fingerprint density at radius 1 is 0.634 bits per heavy atom. The highest BCUT2D eigenvalue weighted by Crippen LogP contribution is 2.37. The van der Waals surface area contributed by atoms with Gasteiger partial charge < -0.3 is 28.5 Å². The quantitative estimate of drug-likeness (QED) is 0.171. The number of methoxy groups -OCH3 is 1. The SMILES string of the molecule is COc1ccc(CO[C@H]2[C@H](OCc3ccccc3)[C@H](OCc3ccccc3)[C@@H](Sc3ccccc3)O[C@@H]2C=O)cc1. The standard InChI is InChI=1S/C34H34O6S/c1-36-28-19-17-27(18-20-28)24-37-31-30(21-35)40-34(41-29-15-9-4-10-16-29)33(39-23-26-13-7-3-8-14-26)32(31)38-22-25-11-5-2-6-12-25/h2-21,30-34H,22-24H2,1H3/t30-,31-,32+,33+,34-/m1/s1. The van der Waals surface area contributed by atoms with Crippen molar-refractivity contribution < 1.29 is 28.5 Å². The Kier molecular flexibility index (Phi) is 10.6. The van der Waals surface area contributed by atoms with Crippen LogP contribution in [0.15, 0.2) is 120 Å². The van der Waals surface area contributed by atoms with Crippen molar-refractivity contribution >= 4 is 18.0 Å². The van der Waals surface area contributed by atoms with Gasteiger partial charge in [0, 0.05) is 4.90 Å². The van der Waals surface area contributed by atoms with E-state index >= 15 is 0 Å². The van der Waals surface area contributed by atoms with Crippen LogP contribution in [0, 0.1) is 0 Å². The molecule has 0 aromatic heterocycles. The summed E-state index contributed by atoms with van der Waals surface area (Å²) in [4.78, 5) is 13.5. The number of hydrogen-bond donors (Lipinski definition) is 0. The van der Waals surface area contributed by atoms with Gasteiger partial charge in [-0.3, -0.25) is 0 Å². The van der Waals surface area contributed by atoms with Gasteiger partial charge in [0.15, 0.2) is 6.29 Å². The zero-order chi connectivity index (χ0) is 28.3. The average Bonchev–Trinajstić information content (AvgIpc) is 3.04. The minimum absolute atomic E-state index is 0.273. The molecule has 1 fully saturated rings. The summed E-state index contributed by atoms with van der Waals surface area (Å²) in [6.07, 6.45) is -1.83. The summed E-state index contributed by atoms with van der Waals surface area (Å²) in [5, 5.41) is 0. The maximum Gasteiger partial charge on any atom is 0.151 e. The third-order valence-corrected chi connectivity index (χ3v) is 7.99. The van der Waals surface area contributed by atoms with Crippen molar-refractivity contribution in [3.05, 3.63) is 132 Å². The Morgan fingerprint density at radius 2 is 1.12 bits per heavy atom. The molecular formula is C34H34O6S. The molecule has 1 heterocycles. The molecule has 0 aliphatic carbocycles. The number of rotatable bonds is 13. The van der Waals surface area contributed by atoms with Crippen molar-refractivity contribution in [1.82, 2.24) is 0 Å². The van der Waals surface area contributed by atoms with Crippen LogP contribution in [0.25, 0.3) is 0 Å². The first-order valence-electron chi connectivity index (χ1n) is 13.6. The summed E-state index contributed by atoms with van der Waals surface area (Å²) in [5.74, 6) is 0.764. The van der Waals surface area contributed by atoms with Crippen molar-refractivity contribution in [3.8, 4) is 5.75 Å². The van der Waals surface area contributed by atoms with Gasteiger partial charge >= 0.3 is 0 Å². The lowest BCUT2D eigenvalue weighted by Crippen LogP contribution is -2.59. The molecule has 41 heavy (non-hydrogen) atoms. The van der Waals surface area contributed by atoms with Crippen LogP contribution in [0.1, 0.15) is 16.7 Å². The van der Waals surface area contributed by atoms with Crippen molar-refractivity contribution in [2.45, 2.75) is 54.6 Å². The lowest BCUT2D eigenvalue weighted by molar-refractivity contribution is -0.239. The first-order chi connectivity index (χ1) is 20.2. The van der Waals surface area contributed by atoms with E-state index in [9.17, 15) is 4.79 Å². The third kappa shape index (κ3) is 8.06. The molecule has 212 valence electrons. The molecule has 4 aromatic carbocycles. The first kappa shape index (κ1) is 29.0.